The van der Waals surface area contributed by atoms with Crippen LogP contribution in [0.25, 0.3) is 0 Å². The second-order valence-electron chi connectivity index (χ2n) is 6.77. The molecule has 1 aromatic heterocycles. The Labute approximate surface area is 179 Å². The van der Waals surface area contributed by atoms with Crippen LogP contribution in [0.2, 0.25) is 0 Å². The molecular formula is C21H32N4O4S. The minimum atomic E-state index is -3.60. The lowest BCUT2D eigenvalue weighted by Crippen LogP contribution is -2.48. The molecule has 2 aromatic rings. The minimum absolute atomic E-state index is 0. The number of morpholine rings is 1. The van der Waals surface area contributed by atoms with Gasteiger partial charge >= 0.3 is 6.03 Å². The monoisotopic (exact) mass is 436 g/mol. The molecule has 2 unspecified atom stereocenters. The summed E-state index contributed by atoms with van der Waals surface area (Å²) in [4.78, 5) is 16.2. The number of benzene rings is 1. The number of rotatable bonds is 5. The maximum atomic E-state index is 12.8. The Morgan fingerprint density at radius 2 is 1.77 bits per heavy atom. The summed E-state index contributed by atoms with van der Waals surface area (Å²) in [6.45, 7) is 4.71. The molecule has 1 saturated heterocycles. The maximum Gasteiger partial charge on any atom is 0.319 e. The molecule has 1 aliphatic heterocycles. The largest absolute Gasteiger partial charge is 0.373 e. The third-order valence-corrected chi connectivity index (χ3v) is 6.16. The predicted octanol–water partition coefficient (Wildman–Crippen LogP) is 3.47. The Morgan fingerprint density at radius 3 is 2.33 bits per heavy atom. The fraction of sp³-hybridized carbons (Fsp3) is 0.429. The van der Waals surface area contributed by atoms with Gasteiger partial charge in [0.1, 0.15) is 0 Å². The van der Waals surface area contributed by atoms with Gasteiger partial charge in [-0.1, -0.05) is 20.9 Å². The Balaban J connectivity index is 0.00000225. The zero-order chi connectivity index (χ0) is 20.1. The number of carbonyl (C=O) groups is 1. The quantitative estimate of drug-likeness (QED) is 0.747. The van der Waals surface area contributed by atoms with E-state index < -0.39 is 10.0 Å². The van der Waals surface area contributed by atoms with Crippen LogP contribution >= 0.6 is 0 Å². The van der Waals surface area contributed by atoms with Crippen LogP contribution in [0.3, 0.4) is 0 Å². The van der Waals surface area contributed by atoms with Crippen molar-refractivity contribution < 1.29 is 17.9 Å². The highest BCUT2D eigenvalue weighted by molar-refractivity contribution is 7.89. The molecule has 0 radical (unpaired) electrons. The normalized spacial score (nSPS) is 19.1. The summed E-state index contributed by atoms with van der Waals surface area (Å²) in [5, 5.41) is 5.41. The lowest BCUT2D eigenvalue weighted by atomic mass is 10.3. The number of hydrogen-bond donors (Lipinski definition) is 2. The van der Waals surface area contributed by atoms with Crippen LogP contribution in [-0.4, -0.2) is 49.0 Å². The van der Waals surface area contributed by atoms with Crippen LogP contribution in [0.15, 0.2) is 53.7 Å². The Hall–Kier alpha value is -2.49. The van der Waals surface area contributed by atoms with Crippen LogP contribution < -0.4 is 10.6 Å². The first-order chi connectivity index (χ1) is 13.3. The van der Waals surface area contributed by atoms with Gasteiger partial charge in [0.25, 0.3) is 0 Å². The first kappa shape index (κ1) is 25.5. The smallest absolute Gasteiger partial charge is 0.319 e. The molecule has 0 spiro atoms. The van der Waals surface area contributed by atoms with Crippen LogP contribution in [0.1, 0.15) is 34.3 Å². The number of amides is 2. The SMILES string of the molecule is C.C.CC1CN(S(=O)(=O)c2ccc(NC(=O)NCc3cccnc3)cc2)CC(C)O1. The van der Waals surface area contributed by atoms with Crippen molar-refractivity contribution >= 4 is 21.7 Å². The van der Waals surface area contributed by atoms with Crippen molar-refractivity contribution in [1.82, 2.24) is 14.6 Å². The van der Waals surface area contributed by atoms with Crippen molar-refractivity contribution in [2.45, 2.75) is 52.3 Å². The van der Waals surface area contributed by atoms with Crippen molar-refractivity contribution in [3.63, 3.8) is 0 Å². The molecule has 166 valence electrons. The molecule has 1 aliphatic rings. The van der Waals surface area contributed by atoms with Crippen molar-refractivity contribution in [3.8, 4) is 0 Å². The van der Waals surface area contributed by atoms with Crippen molar-refractivity contribution in [3.05, 3.63) is 54.4 Å². The summed E-state index contributed by atoms with van der Waals surface area (Å²) in [6.07, 6.45) is 3.04. The summed E-state index contributed by atoms with van der Waals surface area (Å²) in [5.74, 6) is 0. The van der Waals surface area contributed by atoms with E-state index in [1.165, 1.54) is 16.4 Å². The zero-order valence-corrected chi connectivity index (χ0v) is 16.6. The second-order valence-corrected chi connectivity index (χ2v) is 8.71. The zero-order valence-electron chi connectivity index (χ0n) is 15.8. The summed E-state index contributed by atoms with van der Waals surface area (Å²) >= 11 is 0. The summed E-state index contributed by atoms with van der Waals surface area (Å²) < 4.78 is 32.7. The van der Waals surface area contributed by atoms with Crippen LogP contribution in [0.4, 0.5) is 10.5 Å². The fourth-order valence-electron chi connectivity index (χ4n) is 3.05. The molecule has 2 heterocycles. The molecule has 3 rings (SSSR count). The number of pyridine rings is 1. The summed E-state index contributed by atoms with van der Waals surface area (Å²) in [5.41, 5.74) is 1.39. The molecular weight excluding hydrogens is 404 g/mol. The van der Waals surface area contributed by atoms with E-state index in [0.29, 0.717) is 25.3 Å². The number of anilines is 1. The Morgan fingerprint density at radius 1 is 1.13 bits per heavy atom. The van der Waals surface area contributed by atoms with Gasteiger partial charge in [-0.3, -0.25) is 4.98 Å². The topological polar surface area (TPSA) is 101 Å². The molecule has 8 nitrogen and oxygen atoms in total. The number of aromatic nitrogens is 1. The first-order valence-electron chi connectivity index (χ1n) is 9.04. The summed E-state index contributed by atoms with van der Waals surface area (Å²) in [6, 6.07) is 9.42. The highest BCUT2D eigenvalue weighted by Crippen LogP contribution is 2.22. The van der Waals surface area contributed by atoms with Gasteiger partial charge in [0.2, 0.25) is 10.0 Å². The Bertz CT molecular complexity index is 894. The van der Waals surface area contributed by atoms with Gasteiger partial charge in [-0.25, -0.2) is 13.2 Å². The van der Waals surface area contributed by atoms with Gasteiger partial charge in [-0.2, -0.15) is 4.31 Å². The standard InChI is InChI=1S/C19H24N4O4S.2CH4/c1-14-12-23(13-15(2)27-14)28(25,26)18-7-5-17(6-8-18)22-19(24)21-11-16-4-3-9-20-10-16;;/h3-10,14-15H,11-13H2,1-2H3,(H2,21,22,24);2*1H4. The molecule has 1 fully saturated rings. The molecule has 0 saturated carbocycles. The molecule has 9 heteroatoms. The average Bonchev–Trinajstić information content (AvgIpc) is 2.67. The van der Waals surface area contributed by atoms with Crippen LogP contribution in [0, 0.1) is 0 Å². The number of hydrogen-bond acceptors (Lipinski definition) is 5. The van der Waals surface area contributed by atoms with E-state index in [4.69, 9.17) is 4.74 Å². The van der Waals surface area contributed by atoms with Gasteiger partial charge in [-0.15, -0.1) is 0 Å². The van der Waals surface area contributed by atoms with E-state index in [1.807, 2.05) is 19.9 Å². The predicted molar refractivity (Wildman–Crippen MR) is 119 cm³/mol. The second kappa shape index (κ2) is 11.1. The maximum absolute atomic E-state index is 12.8. The first-order valence-corrected chi connectivity index (χ1v) is 10.5. The lowest BCUT2D eigenvalue weighted by Gasteiger charge is -2.34. The molecule has 0 bridgehead atoms. The van der Waals surface area contributed by atoms with E-state index in [-0.39, 0.29) is 38.0 Å². The molecule has 0 aliphatic carbocycles. The van der Waals surface area contributed by atoms with Gasteiger partial charge in [0, 0.05) is 37.7 Å². The molecule has 2 atom stereocenters. The number of nitrogens with zero attached hydrogens (tertiary/aromatic N) is 2. The minimum Gasteiger partial charge on any atom is -0.373 e. The lowest BCUT2D eigenvalue weighted by molar-refractivity contribution is -0.0440. The van der Waals surface area contributed by atoms with Crippen LogP contribution in [0.5, 0.6) is 0 Å². The van der Waals surface area contributed by atoms with E-state index in [0.717, 1.165) is 5.56 Å². The highest BCUT2D eigenvalue weighted by Gasteiger charge is 2.32. The Kier molecular flexibility index (Phi) is 9.41. The molecule has 30 heavy (non-hydrogen) atoms. The van der Waals surface area contributed by atoms with Crippen LogP contribution in [-0.2, 0) is 21.3 Å². The van der Waals surface area contributed by atoms with Gasteiger partial charge in [-0.05, 0) is 49.7 Å². The van der Waals surface area contributed by atoms with E-state index >= 15 is 0 Å². The summed E-state index contributed by atoms with van der Waals surface area (Å²) in [7, 11) is -3.60. The molecule has 2 N–H and O–H groups in total. The van der Waals surface area contributed by atoms with Crippen molar-refractivity contribution in [2.75, 3.05) is 18.4 Å². The number of nitrogens with one attached hydrogen (secondary N) is 2. The fourth-order valence-corrected chi connectivity index (χ4v) is 4.64. The molecule has 2 amide bonds. The third-order valence-electron chi connectivity index (χ3n) is 4.31. The number of ether oxygens (including phenoxy) is 1. The van der Waals surface area contributed by atoms with Gasteiger partial charge < -0.3 is 15.4 Å². The third kappa shape index (κ3) is 6.51. The highest BCUT2D eigenvalue weighted by atomic mass is 32.2. The van der Waals surface area contributed by atoms with Gasteiger partial charge in [0.15, 0.2) is 0 Å². The number of sulfonamides is 1. The van der Waals surface area contributed by atoms with Gasteiger partial charge in [0.05, 0.1) is 17.1 Å². The van der Waals surface area contributed by atoms with Crippen molar-refractivity contribution in [2.24, 2.45) is 0 Å². The number of urea groups is 1. The average molecular weight is 437 g/mol. The molecule has 1 aromatic carbocycles. The number of carbonyl (C=O) groups excluding carboxylic acids is 1. The van der Waals surface area contributed by atoms with E-state index in [9.17, 15) is 13.2 Å². The van der Waals surface area contributed by atoms with E-state index in [1.54, 1.807) is 30.6 Å². The van der Waals surface area contributed by atoms with E-state index in [2.05, 4.69) is 15.6 Å². The van der Waals surface area contributed by atoms with Crippen molar-refractivity contribution in [1.29, 1.82) is 0 Å².